The van der Waals surface area contributed by atoms with Crippen LogP contribution in [0.1, 0.15) is 62.1 Å². The van der Waals surface area contributed by atoms with Crippen molar-refractivity contribution in [2.75, 3.05) is 13.7 Å². The molecule has 0 spiro atoms. The average Bonchev–Trinajstić information content (AvgIpc) is 3.47. The molecule has 5 N–H and O–H groups in total. The number of hydrogen-bond donors (Lipinski definition) is 5. The Morgan fingerprint density at radius 1 is 1.19 bits per heavy atom. The predicted molar refractivity (Wildman–Crippen MR) is 161 cm³/mol. The van der Waals surface area contributed by atoms with E-state index in [1.807, 2.05) is 50.2 Å². The van der Waals surface area contributed by atoms with Crippen LogP contribution in [-0.4, -0.2) is 59.5 Å². The lowest BCUT2D eigenvalue weighted by Gasteiger charge is -2.31. The van der Waals surface area contributed by atoms with E-state index < -0.39 is 35.5 Å². The van der Waals surface area contributed by atoms with E-state index >= 15 is 0 Å². The number of nitrogens with one attached hydrogen (secondary N) is 5. The highest BCUT2D eigenvalue weighted by Gasteiger charge is 2.48. The summed E-state index contributed by atoms with van der Waals surface area (Å²) in [6.45, 7) is 4.52. The molecule has 0 bridgehead atoms. The summed E-state index contributed by atoms with van der Waals surface area (Å²) in [7, 11) is 1.57. The number of carbonyl (C=O) groups excluding carboxylic acids is 3. The van der Waals surface area contributed by atoms with E-state index in [1.54, 1.807) is 19.4 Å². The topological polar surface area (TPSA) is 161 Å². The van der Waals surface area contributed by atoms with Crippen LogP contribution in [0.3, 0.4) is 0 Å². The number of H-pyrrole nitrogens is 1. The molecule has 1 aliphatic heterocycles. The van der Waals surface area contributed by atoms with Crippen LogP contribution in [0.4, 0.5) is 0 Å². The molecule has 2 aliphatic rings. The molecule has 2 fully saturated rings. The van der Waals surface area contributed by atoms with Crippen molar-refractivity contribution in [3.63, 3.8) is 0 Å². The van der Waals surface area contributed by atoms with Crippen molar-refractivity contribution in [3.05, 3.63) is 60.0 Å². The van der Waals surface area contributed by atoms with Gasteiger partial charge >= 0.3 is 0 Å². The number of methoxy groups -OCH3 is 1. The lowest BCUT2D eigenvalue weighted by atomic mass is 9.92. The Morgan fingerprint density at radius 3 is 2.63 bits per heavy atom. The molecule has 4 unspecified atom stereocenters. The van der Waals surface area contributed by atoms with Gasteiger partial charge in [-0.05, 0) is 68.4 Å². The second-order valence-electron chi connectivity index (χ2n) is 11.9. The summed E-state index contributed by atoms with van der Waals surface area (Å²) in [6, 6.07) is 12.9. The number of benzene rings is 1. The van der Waals surface area contributed by atoms with Crippen LogP contribution in [0.5, 0.6) is 5.75 Å². The van der Waals surface area contributed by atoms with E-state index in [2.05, 4.69) is 37.3 Å². The first-order valence-electron chi connectivity index (χ1n) is 14.9. The van der Waals surface area contributed by atoms with Crippen LogP contribution in [0.25, 0.3) is 10.9 Å². The van der Waals surface area contributed by atoms with Gasteiger partial charge in [0.2, 0.25) is 11.8 Å². The van der Waals surface area contributed by atoms with Crippen LogP contribution < -0.4 is 26.0 Å². The highest BCUT2D eigenvalue weighted by molar-refractivity contribution is 6.01. The normalized spacial score (nSPS) is 19.2. The van der Waals surface area contributed by atoms with Gasteiger partial charge in [-0.25, -0.2) is 0 Å². The second kappa shape index (κ2) is 12.8. The zero-order chi connectivity index (χ0) is 30.6. The largest absolute Gasteiger partial charge is 0.496 e. The summed E-state index contributed by atoms with van der Waals surface area (Å²) in [5.41, 5.74) is 1.45. The maximum absolute atomic E-state index is 13.8. The van der Waals surface area contributed by atoms with Gasteiger partial charge in [0.25, 0.3) is 5.91 Å². The first-order chi connectivity index (χ1) is 20.7. The van der Waals surface area contributed by atoms with E-state index in [9.17, 15) is 19.6 Å². The van der Waals surface area contributed by atoms with Crippen molar-refractivity contribution in [2.24, 2.45) is 11.8 Å². The number of nitrogens with zero attached hydrogens (tertiary/aromatic N) is 2. The van der Waals surface area contributed by atoms with Crippen molar-refractivity contribution >= 4 is 28.6 Å². The van der Waals surface area contributed by atoms with Gasteiger partial charge < -0.3 is 25.7 Å². The van der Waals surface area contributed by atoms with Gasteiger partial charge in [-0.2, -0.15) is 5.26 Å². The van der Waals surface area contributed by atoms with Gasteiger partial charge in [0.05, 0.1) is 30.5 Å². The maximum atomic E-state index is 13.8. The highest BCUT2D eigenvalue weighted by Crippen LogP contribution is 2.45. The van der Waals surface area contributed by atoms with E-state index in [1.165, 1.54) is 0 Å². The van der Waals surface area contributed by atoms with Crippen molar-refractivity contribution in [3.8, 4) is 11.8 Å². The molecule has 5 rings (SSSR count). The molecule has 3 heterocycles. The van der Waals surface area contributed by atoms with Crippen molar-refractivity contribution in [1.82, 2.24) is 31.2 Å². The summed E-state index contributed by atoms with van der Waals surface area (Å²) < 4.78 is 5.42. The van der Waals surface area contributed by atoms with Gasteiger partial charge in [0.1, 0.15) is 23.5 Å². The van der Waals surface area contributed by atoms with Crippen molar-refractivity contribution in [2.45, 2.75) is 69.6 Å². The molecule has 0 radical (unpaired) electrons. The first-order valence-corrected chi connectivity index (χ1v) is 14.9. The first kappa shape index (κ1) is 30.0. The van der Waals surface area contributed by atoms with Crippen molar-refractivity contribution in [1.29, 1.82) is 5.26 Å². The zero-order valence-corrected chi connectivity index (χ0v) is 24.8. The Labute approximate surface area is 251 Å². The molecular formula is C32H39N7O4. The summed E-state index contributed by atoms with van der Waals surface area (Å²) >= 11 is 0. The molecule has 1 aliphatic carbocycles. The molecule has 3 aromatic rings. The SMILES string of the molecule is COc1cccc2[nH]c(C(=O)NC(CC(C)C)C(=O)NC(CC3CCNC3=O)C(C#N)NC3(c4ccccn4)CC3)cc12. The number of nitriles is 1. The van der Waals surface area contributed by atoms with Crippen LogP contribution >= 0.6 is 0 Å². The van der Waals surface area contributed by atoms with Gasteiger partial charge in [0, 0.05) is 29.6 Å². The molecule has 1 saturated carbocycles. The molecule has 11 heteroatoms. The predicted octanol–water partition coefficient (Wildman–Crippen LogP) is 2.90. The van der Waals surface area contributed by atoms with Crippen molar-refractivity contribution < 1.29 is 19.1 Å². The molecule has 3 amide bonds. The Bertz CT molecular complexity index is 1510. The summed E-state index contributed by atoms with van der Waals surface area (Å²) in [5.74, 6) is -0.494. The number of amides is 3. The minimum Gasteiger partial charge on any atom is -0.496 e. The fourth-order valence-electron chi connectivity index (χ4n) is 5.87. The van der Waals surface area contributed by atoms with Gasteiger partial charge in [-0.3, -0.25) is 24.7 Å². The number of aromatic amines is 1. The van der Waals surface area contributed by atoms with Crippen LogP contribution in [0, 0.1) is 23.2 Å². The highest BCUT2D eigenvalue weighted by atomic mass is 16.5. The lowest BCUT2D eigenvalue weighted by Crippen LogP contribution is -2.57. The number of aromatic nitrogens is 2. The minimum atomic E-state index is -0.856. The van der Waals surface area contributed by atoms with E-state index in [0.29, 0.717) is 37.3 Å². The summed E-state index contributed by atoms with van der Waals surface area (Å²) in [5, 5.41) is 23.3. The molecule has 1 saturated heterocycles. The Hall–Kier alpha value is -4.43. The second-order valence-corrected chi connectivity index (χ2v) is 11.9. The fourth-order valence-corrected chi connectivity index (χ4v) is 5.87. The quantitative estimate of drug-likeness (QED) is 0.206. The zero-order valence-electron chi connectivity index (χ0n) is 24.8. The number of pyridine rings is 1. The molecule has 4 atom stereocenters. The molecule has 226 valence electrons. The van der Waals surface area contributed by atoms with Gasteiger partial charge in [-0.15, -0.1) is 0 Å². The Morgan fingerprint density at radius 2 is 2.00 bits per heavy atom. The average molecular weight is 586 g/mol. The van der Waals surface area contributed by atoms with Crippen LogP contribution in [0.2, 0.25) is 0 Å². The number of ether oxygens (including phenoxy) is 1. The van der Waals surface area contributed by atoms with Crippen LogP contribution in [-0.2, 0) is 15.1 Å². The fraction of sp³-hybridized carbons (Fsp3) is 0.469. The molecule has 1 aromatic carbocycles. The van der Waals surface area contributed by atoms with E-state index in [-0.39, 0.29) is 17.7 Å². The molecule has 43 heavy (non-hydrogen) atoms. The maximum Gasteiger partial charge on any atom is 0.268 e. The molecule has 2 aromatic heterocycles. The van der Waals surface area contributed by atoms with E-state index in [4.69, 9.17) is 4.74 Å². The third-order valence-corrected chi connectivity index (χ3v) is 8.32. The molecular weight excluding hydrogens is 546 g/mol. The number of hydrogen-bond acceptors (Lipinski definition) is 7. The number of rotatable bonds is 13. The van der Waals surface area contributed by atoms with E-state index in [0.717, 1.165) is 29.4 Å². The lowest BCUT2D eigenvalue weighted by molar-refractivity contribution is -0.126. The minimum absolute atomic E-state index is 0.0805. The molecule has 11 nitrogen and oxygen atoms in total. The third-order valence-electron chi connectivity index (χ3n) is 8.32. The monoisotopic (exact) mass is 585 g/mol. The Kier molecular flexibility index (Phi) is 8.97. The van der Waals surface area contributed by atoms with Gasteiger partial charge in [0.15, 0.2) is 0 Å². The van der Waals surface area contributed by atoms with Crippen LogP contribution in [0.15, 0.2) is 48.7 Å². The number of carbonyl (C=O) groups is 3. The standard InChI is InChI=1S/C32H39N7O4/c1-19(2)15-24(38-31(42)25-17-21-22(36-25)7-6-8-27(21)43-3)30(41)37-23(16-20-10-14-35-29(20)40)26(18-33)39-32(11-12-32)28-9-4-5-13-34-28/h4-9,13,17,19-20,23-24,26,36,39H,10-12,14-16H2,1-3H3,(H,35,40)(H,37,41)(H,38,42). The summed E-state index contributed by atoms with van der Waals surface area (Å²) in [4.78, 5) is 47.4. The number of fused-ring (bicyclic) bond motifs is 1. The smallest absolute Gasteiger partial charge is 0.268 e. The Balaban J connectivity index is 1.36. The third kappa shape index (κ3) is 6.81. The summed E-state index contributed by atoms with van der Waals surface area (Å²) in [6.07, 6.45) is 4.67. The van der Waals surface area contributed by atoms with Gasteiger partial charge in [-0.1, -0.05) is 26.0 Å².